The Morgan fingerprint density at radius 1 is 1.06 bits per heavy atom. The van der Waals surface area contributed by atoms with Crippen molar-refractivity contribution in [1.82, 2.24) is 0 Å². The van der Waals surface area contributed by atoms with E-state index >= 15 is 0 Å². The Balaban J connectivity index is 2.29. The van der Waals surface area contributed by atoms with Gasteiger partial charge in [0.25, 0.3) is 0 Å². The molecule has 0 aliphatic rings. The second-order valence-electron chi connectivity index (χ2n) is 4.25. The molecule has 0 N–H and O–H groups in total. The fourth-order valence-electron chi connectivity index (χ4n) is 1.96. The van der Waals surface area contributed by atoms with Crippen LogP contribution in [0.25, 0.3) is 0 Å². The normalized spacial score (nSPS) is 12.8. The highest BCUT2D eigenvalue weighted by Gasteiger charge is 2.18. The van der Waals surface area contributed by atoms with Gasteiger partial charge >= 0.3 is 5.50 Å². The summed E-state index contributed by atoms with van der Waals surface area (Å²) in [5, 5.41) is 2.25. The summed E-state index contributed by atoms with van der Waals surface area (Å²) in [6.45, 7) is 3.94. The van der Waals surface area contributed by atoms with Gasteiger partial charge in [-0.15, -0.1) is 24.3 Å². The van der Waals surface area contributed by atoms with Crippen LogP contribution in [0.1, 0.15) is 11.5 Å². The minimum absolute atomic E-state index is 0.701. The molecule has 3 heteroatoms. The highest BCUT2D eigenvalue weighted by atomic mass is 31.1. The van der Waals surface area contributed by atoms with Crippen molar-refractivity contribution in [2.45, 2.75) is 13.8 Å². The molecule has 0 radical (unpaired) electrons. The molecule has 2 nitrogen and oxygen atoms in total. The Morgan fingerprint density at radius 2 is 1.83 bits per heavy atom. The van der Waals surface area contributed by atoms with Crippen molar-refractivity contribution in [3.63, 3.8) is 0 Å². The number of hydrogen-bond acceptors (Lipinski definition) is 1. The predicted molar refractivity (Wildman–Crippen MR) is 73.9 cm³/mol. The first-order chi connectivity index (χ1) is 8.74. The van der Waals surface area contributed by atoms with Crippen LogP contribution in [0.5, 0.6) is 0 Å². The molecule has 0 saturated heterocycles. The van der Waals surface area contributed by atoms with Crippen LogP contribution in [0.2, 0.25) is 0 Å². The highest BCUT2D eigenvalue weighted by molar-refractivity contribution is 7.65. The van der Waals surface area contributed by atoms with E-state index in [1.54, 1.807) is 0 Å². The Hall–Kier alpha value is -1.79. The zero-order valence-electron chi connectivity index (χ0n) is 10.4. The van der Waals surface area contributed by atoms with Gasteiger partial charge < -0.3 is 8.83 Å². The number of furan rings is 2. The summed E-state index contributed by atoms with van der Waals surface area (Å²) in [7, 11) is -0.701. The average Bonchev–Trinajstić information content (AvgIpc) is 3.04. The summed E-state index contributed by atoms with van der Waals surface area (Å²) in [5.41, 5.74) is 0.989. The topological polar surface area (TPSA) is 24.4 Å². The number of rotatable bonds is 2. The van der Waals surface area contributed by atoms with Gasteiger partial charge in [0.2, 0.25) is 5.76 Å². The van der Waals surface area contributed by atoms with Crippen LogP contribution in [0.3, 0.4) is 0 Å². The third-order valence-corrected chi connectivity index (χ3v) is 4.97. The highest BCUT2D eigenvalue weighted by Crippen LogP contribution is 2.28. The minimum atomic E-state index is -0.701. The molecule has 1 atom stereocenters. The van der Waals surface area contributed by atoms with Gasteiger partial charge in [0, 0.05) is 12.2 Å². The van der Waals surface area contributed by atoms with Crippen molar-refractivity contribution in [3.05, 3.63) is 65.2 Å². The van der Waals surface area contributed by atoms with Gasteiger partial charge in [0.1, 0.15) is 12.7 Å². The Morgan fingerprint density at radius 3 is 2.39 bits per heavy atom. The lowest BCUT2D eigenvalue weighted by Gasteiger charge is -1.96. The van der Waals surface area contributed by atoms with Crippen LogP contribution < -0.4 is 10.8 Å². The molecule has 3 aromatic rings. The fraction of sp³-hybridized carbons (Fsp3) is 0.133. The third kappa shape index (κ3) is 2.00. The van der Waals surface area contributed by atoms with Gasteiger partial charge in [-0.05, 0) is 5.76 Å². The van der Waals surface area contributed by atoms with Gasteiger partial charge in [-0.25, -0.2) is 12.1 Å². The van der Waals surface area contributed by atoms with E-state index in [1.807, 2.05) is 38.1 Å². The molecule has 0 saturated carbocycles. The lowest BCUT2D eigenvalue weighted by molar-refractivity contribution is 0.517. The van der Waals surface area contributed by atoms with E-state index < -0.39 is 7.55 Å². The van der Waals surface area contributed by atoms with Gasteiger partial charge in [0.05, 0.1) is 0 Å². The maximum atomic E-state index is 5.80. The van der Waals surface area contributed by atoms with Gasteiger partial charge in [-0.1, -0.05) is 19.1 Å². The summed E-state index contributed by atoms with van der Waals surface area (Å²) >= 11 is 0. The van der Waals surface area contributed by atoms with E-state index in [9.17, 15) is 0 Å². The van der Waals surface area contributed by atoms with E-state index in [2.05, 4.69) is 24.3 Å². The van der Waals surface area contributed by atoms with Crippen LogP contribution in [0.15, 0.2) is 57.4 Å². The maximum absolute atomic E-state index is 5.80. The molecule has 0 fully saturated rings. The molecular weight excluding hydrogens is 243 g/mol. The Kier molecular flexibility index (Phi) is 2.81. The van der Waals surface area contributed by atoms with Gasteiger partial charge in [0.15, 0.2) is 0 Å². The van der Waals surface area contributed by atoms with E-state index in [-0.39, 0.29) is 0 Å². The second kappa shape index (κ2) is 4.47. The first-order valence-corrected chi connectivity index (χ1v) is 7.23. The van der Waals surface area contributed by atoms with Crippen molar-refractivity contribution in [2.24, 2.45) is 0 Å². The Labute approximate surface area is 107 Å². The molecule has 1 aromatic carbocycles. The molecule has 2 aromatic heterocycles. The zero-order chi connectivity index (χ0) is 12.5. The van der Waals surface area contributed by atoms with Crippen LogP contribution >= 0.6 is 7.55 Å². The molecule has 2 heterocycles. The van der Waals surface area contributed by atoms with Crippen molar-refractivity contribution < 1.29 is 8.83 Å². The number of hydrogen-bond donors (Lipinski definition) is 0. The van der Waals surface area contributed by atoms with E-state index in [1.165, 1.54) is 5.30 Å². The summed E-state index contributed by atoms with van der Waals surface area (Å²) < 4.78 is 11.6. The first-order valence-electron chi connectivity index (χ1n) is 5.89. The molecule has 0 bridgehead atoms. The fourth-order valence-corrected chi connectivity index (χ4v) is 4.07. The van der Waals surface area contributed by atoms with Gasteiger partial charge in [-0.3, -0.25) is 0 Å². The van der Waals surface area contributed by atoms with Crippen LogP contribution in [0.4, 0.5) is 0 Å². The van der Waals surface area contributed by atoms with Crippen LogP contribution in [-0.2, 0) is 0 Å². The van der Waals surface area contributed by atoms with E-state index in [0.29, 0.717) is 0 Å². The molecule has 92 valence electrons. The minimum Gasteiger partial charge on any atom is -0.555 e. The lowest BCUT2D eigenvalue weighted by atomic mass is 10.5. The van der Waals surface area contributed by atoms with Crippen LogP contribution in [0, 0.1) is 19.0 Å². The average molecular weight is 257 g/mol. The SMILES string of the molecule is C[c-]1ccc(=[P+](c2cc[c-](C)[o+]2)[c-]2cccc2)o1. The second-order valence-corrected chi connectivity index (χ2v) is 6.32. The molecule has 18 heavy (non-hydrogen) atoms. The van der Waals surface area contributed by atoms with Crippen LogP contribution in [-0.4, -0.2) is 0 Å². The molecule has 0 spiro atoms. The lowest BCUT2D eigenvalue weighted by Crippen LogP contribution is -2.02. The predicted octanol–water partition coefficient (Wildman–Crippen LogP) is 3.59. The summed E-state index contributed by atoms with van der Waals surface area (Å²) in [5.74, 6) is 1.87. The maximum Gasteiger partial charge on any atom is 0.354 e. The molecule has 0 aliphatic carbocycles. The van der Waals surface area contributed by atoms with Crippen molar-refractivity contribution >= 4 is 18.4 Å². The van der Waals surface area contributed by atoms with Crippen molar-refractivity contribution in [2.75, 3.05) is 0 Å². The molecule has 0 amide bonds. The van der Waals surface area contributed by atoms with Gasteiger partial charge in [-0.2, -0.15) is 0 Å². The summed E-state index contributed by atoms with van der Waals surface area (Å²) in [6.07, 6.45) is 0. The zero-order valence-corrected chi connectivity index (χ0v) is 11.3. The number of aryl methyl sites for hydroxylation is 2. The third-order valence-electron chi connectivity index (χ3n) is 2.80. The summed E-state index contributed by atoms with van der Waals surface area (Å²) in [6, 6.07) is 16.5. The molecule has 1 unspecified atom stereocenters. The van der Waals surface area contributed by atoms with E-state index in [0.717, 1.165) is 22.2 Å². The van der Waals surface area contributed by atoms with E-state index in [4.69, 9.17) is 8.83 Å². The standard InChI is InChI=1S/C15H14O2P/c1-11-7-9-14(16-11)18(13-5-3-4-6-13)15-10-8-12(2)17-15/h3-10H,1-2H3/q-1. The smallest absolute Gasteiger partial charge is 0.354 e. The Bertz CT molecular complexity index is 708. The molecular formula is C15H14O2P-. The van der Waals surface area contributed by atoms with Crippen molar-refractivity contribution in [3.8, 4) is 0 Å². The quantitative estimate of drug-likeness (QED) is 0.398. The first kappa shape index (κ1) is 11.3. The molecule has 0 aliphatic heterocycles. The largest absolute Gasteiger partial charge is 0.555 e. The summed E-state index contributed by atoms with van der Waals surface area (Å²) in [4.78, 5) is 0. The molecule has 3 rings (SSSR count). The monoisotopic (exact) mass is 257 g/mol. The van der Waals surface area contributed by atoms with Crippen molar-refractivity contribution in [1.29, 1.82) is 0 Å².